The maximum Gasteiger partial charge on any atom is 0.189 e. The molecule has 2 heteroatoms. The summed E-state index contributed by atoms with van der Waals surface area (Å²) in [4.78, 5) is 9.44. The molecule has 36 valence electrons. The summed E-state index contributed by atoms with van der Waals surface area (Å²) < 4.78 is 0. The first kappa shape index (κ1) is 5.60. The zero-order valence-corrected chi connectivity index (χ0v) is 4.03. The van der Waals surface area contributed by atoms with Crippen molar-refractivity contribution >= 4 is 0 Å². The Morgan fingerprint density at radius 1 is 1.67 bits per heavy atom. The van der Waals surface area contributed by atoms with Crippen LogP contribution >= 0.6 is 0 Å². The van der Waals surface area contributed by atoms with Crippen molar-refractivity contribution in [2.24, 2.45) is 0 Å². The van der Waals surface area contributed by atoms with Crippen LogP contribution in [-0.4, -0.2) is 6.54 Å². The van der Waals surface area contributed by atoms with E-state index in [0.29, 0.717) is 6.54 Å². The second kappa shape index (κ2) is 4.60. The first-order valence-corrected chi connectivity index (χ1v) is 2.26. The molecular weight excluding hydrogens is 78.0 g/mol. The van der Waals surface area contributed by atoms with Gasteiger partial charge in [-0.15, -0.1) is 0 Å². The molecule has 0 aliphatic heterocycles. The molecule has 0 aliphatic carbocycles. The van der Waals surface area contributed by atoms with Crippen molar-refractivity contribution in [2.75, 3.05) is 6.54 Å². The van der Waals surface area contributed by atoms with Crippen LogP contribution < -0.4 is 5.18 Å². The molecule has 2 nitrogen and oxygen atoms in total. The number of hydrogen-bond donors (Lipinski definition) is 1. The monoisotopic (exact) mass is 88.1 g/mol. The van der Waals surface area contributed by atoms with E-state index in [0.717, 1.165) is 12.8 Å². The lowest BCUT2D eigenvalue weighted by molar-refractivity contribution is -0.481. The Morgan fingerprint density at radius 2 is 2.33 bits per heavy atom. The smallest absolute Gasteiger partial charge is 0.0651 e. The van der Waals surface area contributed by atoms with Crippen LogP contribution in [0.3, 0.4) is 0 Å². The topological polar surface area (TPSA) is 31.0 Å². The van der Waals surface area contributed by atoms with Crippen LogP contribution in [0.15, 0.2) is 0 Å². The summed E-state index contributed by atoms with van der Waals surface area (Å²) in [6.07, 6.45) is 2.08. The fourth-order valence-electron chi connectivity index (χ4n) is 0.249. The second-order valence-electron chi connectivity index (χ2n) is 1.25. The summed E-state index contributed by atoms with van der Waals surface area (Å²) in [5.41, 5.74) is 0. The molecule has 1 N–H and O–H groups in total. The summed E-state index contributed by atoms with van der Waals surface area (Å²) in [6, 6.07) is 0. The molecule has 0 saturated carbocycles. The molecule has 0 radical (unpaired) electrons. The first-order chi connectivity index (χ1) is 2.91. The van der Waals surface area contributed by atoms with E-state index < -0.39 is 0 Å². The molecule has 0 saturated heterocycles. The van der Waals surface area contributed by atoms with Crippen LogP contribution in [0.5, 0.6) is 0 Å². The van der Waals surface area contributed by atoms with Crippen molar-refractivity contribution in [1.82, 2.24) is 0 Å². The van der Waals surface area contributed by atoms with Crippen LogP contribution in [0.4, 0.5) is 0 Å². The largest absolute Gasteiger partial charge is 0.189 e. The van der Waals surface area contributed by atoms with Crippen molar-refractivity contribution in [2.45, 2.75) is 19.8 Å². The van der Waals surface area contributed by atoms with Crippen LogP contribution in [-0.2, 0) is 0 Å². The fourth-order valence-corrected chi connectivity index (χ4v) is 0.249. The first-order valence-electron chi connectivity index (χ1n) is 2.26. The summed E-state index contributed by atoms with van der Waals surface area (Å²) >= 11 is 0. The molecule has 0 heterocycles. The van der Waals surface area contributed by atoms with Crippen molar-refractivity contribution in [1.29, 1.82) is 0 Å². The van der Waals surface area contributed by atoms with Gasteiger partial charge in [0.2, 0.25) is 0 Å². The zero-order valence-electron chi connectivity index (χ0n) is 4.03. The maximum atomic E-state index is 9.44. The van der Waals surface area contributed by atoms with E-state index in [4.69, 9.17) is 0 Å². The predicted octanol–water partition coefficient (Wildman–Crippen LogP) is -0.366. The lowest BCUT2D eigenvalue weighted by atomic mass is 10.3. The van der Waals surface area contributed by atoms with Gasteiger partial charge in [-0.2, -0.15) is 0 Å². The summed E-state index contributed by atoms with van der Waals surface area (Å²) in [5.74, 6) is 0. The molecule has 0 amide bonds. The molecular formula is C4H10NO+. The van der Waals surface area contributed by atoms with Gasteiger partial charge >= 0.3 is 0 Å². The van der Waals surface area contributed by atoms with Gasteiger partial charge in [0.25, 0.3) is 0 Å². The van der Waals surface area contributed by atoms with E-state index in [-0.39, 0.29) is 0 Å². The fraction of sp³-hybridized carbons (Fsp3) is 1.00. The lowest BCUT2D eigenvalue weighted by Crippen LogP contribution is -2.63. The Hall–Kier alpha value is -0.400. The molecule has 0 aromatic heterocycles. The third-order valence-corrected chi connectivity index (χ3v) is 0.632. The Bertz CT molecular complexity index is 36.5. The third-order valence-electron chi connectivity index (χ3n) is 0.632. The van der Waals surface area contributed by atoms with Gasteiger partial charge in [0.05, 0.1) is 0 Å². The highest BCUT2D eigenvalue weighted by Gasteiger charge is 1.81. The van der Waals surface area contributed by atoms with Gasteiger partial charge in [-0.1, -0.05) is 6.92 Å². The van der Waals surface area contributed by atoms with Gasteiger partial charge in [0.1, 0.15) is 0 Å². The van der Waals surface area contributed by atoms with E-state index in [9.17, 15) is 4.91 Å². The summed E-state index contributed by atoms with van der Waals surface area (Å²) in [5, 5.41) is 1.82. The van der Waals surface area contributed by atoms with E-state index in [2.05, 4.69) is 6.92 Å². The van der Waals surface area contributed by atoms with Crippen molar-refractivity contribution in [3.63, 3.8) is 0 Å². The van der Waals surface area contributed by atoms with Crippen molar-refractivity contribution < 1.29 is 5.18 Å². The van der Waals surface area contributed by atoms with Crippen LogP contribution in [0.2, 0.25) is 0 Å². The standard InChI is InChI=1S/C4H9NO/c1-2-3-4-5-6/h2-4H2,1H3/p+1. The number of hydrogen-bond acceptors (Lipinski definition) is 1. The van der Waals surface area contributed by atoms with E-state index >= 15 is 0 Å². The number of unbranched alkanes of at least 4 members (excludes halogenated alkanes) is 1. The van der Waals surface area contributed by atoms with Crippen LogP contribution in [0.1, 0.15) is 19.8 Å². The van der Waals surface area contributed by atoms with Gasteiger partial charge in [0, 0.05) is 11.3 Å². The highest BCUT2D eigenvalue weighted by atomic mass is 16.3. The van der Waals surface area contributed by atoms with Gasteiger partial charge in [-0.25, -0.2) is 0 Å². The number of rotatable bonds is 3. The van der Waals surface area contributed by atoms with Gasteiger partial charge < -0.3 is 0 Å². The Kier molecular flexibility index (Phi) is 4.29. The second-order valence-corrected chi connectivity index (χ2v) is 1.25. The minimum absolute atomic E-state index is 0.608. The lowest BCUT2D eigenvalue weighted by Gasteiger charge is -1.73. The molecule has 0 fully saturated rings. The summed E-state index contributed by atoms with van der Waals surface area (Å²) in [6.45, 7) is 2.66. The highest BCUT2D eigenvalue weighted by molar-refractivity contribution is 4.22. The Balaban J connectivity index is 2.49. The average Bonchev–Trinajstić information content (AvgIpc) is 1.61. The Morgan fingerprint density at radius 3 is 2.50 bits per heavy atom. The van der Waals surface area contributed by atoms with Crippen LogP contribution in [0, 0.1) is 4.91 Å². The molecule has 0 aromatic rings. The van der Waals surface area contributed by atoms with Gasteiger partial charge in [0.15, 0.2) is 6.54 Å². The van der Waals surface area contributed by atoms with Crippen LogP contribution in [0.25, 0.3) is 0 Å². The Labute approximate surface area is 37.5 Å². The third kappa shape index (κ3) is 3.60. The molecule has 6 heavy (non-hydrogen) atoms. The average molecular weight is 88.1 g/mol. The highest BCUT2D eigenvalue weighted by Crippen LogP contribution is 1.76. The minimum Gasteiger partial charge on any atom is -0.0651 e. The van der Waals surface area contributed by atoms with Crippen molar-refractivity contribution in [3.05, 3.63) is 4.91 Å². The van der Waals surface area contributed by atoms with E-state index in [1.165, 1.54) is 0 Å². The molecule has 0 atom stereocenters. The summed E-state index contributed by atoms with van der Waals surface area (Å²) in [7, 11) is 0. The van der Waals surface area contributed by atoms with E-state index in [1.807, 2.05) is 5.18 Å². The van der Waals surface area contributed by atoms with Gasteiger partial charge in [-0.3, -0.25) is 0 Å². The molecule has 0 aliphatic rings. The molecule has 0 spiro atoms. The van der Waals surface area contributed by atoms with Crippen molar-refractivity contribution in [3.8, 4) is 0 Å². The molecule has 0 aromatic carbocycles. The SMILES string of the molecule is CCCC[NH+]=O. The van der Waals surface area contributed by atoms with E-state index in [1.54, 1.807) is 0 Å². The maximum absolute atomic E-state index is 9.44. The normalized spacial score (nSPS) is 8.17. The number of nitrogens with one attached hydrogen (secondary N) is 1. The quantitative estimate of drug-likeness (QED) is 0.469. The van der Waals surface area contributed by atoms with Gasteiger partial charge in [-0.05, 0) is 11.6 Å². The predicted molar refractivity (Wildman–Crippen MR) is 24.1 cm³/mol. The minimum atomic E-state index is 0.608. The molecule has 0 rings (SSSR count). The molecule has 0 bridgehead atoms. The number of nitroso groups, excluding NO2 is 1. The molecule has 0 unspecified atom stereocenters. The zero-order chi connectivity index (χ0) is 4.83.